The van der Waals surface area contributed by atoms with E-state index < -0.39 is 5.97 Å². The molecule has 2 atom stereocenters. The summed E-state index contributed by atoms with van der Waals surface area (Å²) in [6, 6.07) is 14.7. The highest BCUT2D eigenvalue weighted by atomic mass is 16.5. The van der Waals surface area contributed by atoms with E-state index in [2.05, 4.69) is 19.9 Å². The fourth-order valence-electron chi connectivity index (χ4n) is 4.46. The van der Waals surface area contributed by atoms with Crippen molar-refractivity contribution < 1.29 is 19.1 Å². The molecule has 1 saturated heterocycles. The standard InChI is InChI=1S/C26H27N3O4/c1-18-6-5-7-19(2)29(18)25(30)17-32-22-11-9-20(10-12-22)26(31)33-16-21-15-28-13-4-3-8-24(28)23(21)14-27/h3-4,8-13,15,18-19H,5-7,16-17H2,1-2H3. The summed E-state index contributed by atoms with van der Waals surface area (Å²) in [5.41, 5.74) is 2.29. The van der Waals surface area contributed by atoms with Gasteiger partial charge in [-0.05, 0) is 69.5 Å². The van der Waals surface area contributed by atoms with Gasteiger partial charge in [-0.3, -0.25) is 4.79 Å². The van der Waals surface area contributed by atoms with Gasteiger partial charge in [0.05, 0.1) is 16.6 Å². The average Bonchev–Trinajstić information content (AvgIpc) is 3.19. The average molecular weight is 446 g/mol. The summed E-state index contributed by atoms with van der Waals surface area (Å²) in [7, 11) is 0. The van der Waals surface area contributed by atoms with Crippen molar-refractivity contribution in [1.82, 2.24) is 9.30 Å². The molecule has 3 aromatic rings. The second-order valence-corrected chi connectivity index (χ2v) is 8.45. The van der Waals surface area contributed by atoms with Crippen LogP contribution in [0.25, 0.3) is 5.52 Å². The smallest absolute Gasteiger partial charge is 0.338 e. The van der Waals surface area contributed by atoms with Gasteiger partial charge in [0.25, 0.3) is 5.91 Å². The molecule has 4 rings (SSSR count). The summed E-state index contributed by atoms with van der Waals surface area (Å²) in [5, 5.41) is 9.48. The molecular weight excluding hydrogens is 418 g/mol. The normalized spacial score (nSPS) is 18.0. The number of nitriles is 1. The Morgan fingerprint density at radius 2 is 1.82 bits per heavy atom. The van der Waals surface area contributed by atoms with E-state index in [1.54, 1.807) is 30.5 Å². The van der Waals surface area contributed by atoms with Crippen LogP contribution in [-0.2, 0) is 16.1 Å². The van der Waals surface area contributed by atoms with Gasteiger partial charge in [0.1, 0.15) is 18.4 Å². The lowest BCUT2D eigenvalue weighted by atomic mass is 9.97. The van der Waals surface area contributed by atoms with Crippen LogP contribution in [0.3, 0.4) is 0 Å². The van der Waals surface area contributed by atoms with E-state index in [1.807, 2.05) is 33.7 Å². The Morgan fingerprint density at radius 1 is 1.09 bits per heavy atom. The fraction of sp³-hybridized carbons (Fsp3) is 0.346. The minimum Gasteiger partial charge on any atom is -0.484 e. The summed E-state index contributed by atoms with van der Waals surface area (Å²) >= 11 is 0. The molecule has 0 N–H and O–H groups in total. The number of amides is 1. The molecule has 1 aliphatic rings. The van der Waals surface area contributed by atoms with Gasteiger partial charge in [-0.25, -0.2) is 4.79 Å². The van der Waals surface area contributed by atoms with Crippen LogP contribution in [0, 0.1) is 11.3 Å². The third-order valence-corrected chi connectivity index (χ3v) is 6.17. The largest absolute Gasteiger partial charge is 0.484 e. The van der Waals surface area contributed by atoms with Crippen LogP contribution in [0.1, 0.15) is 54.6 Å². The maximum Gasteiger partial charge on any atom is 0.338 e. The highest BCUT2D eigenvalue weighted by molar-refractivity contribution is 5.89. The number of pyridine rings is 1. The zero-order chi connectivity index (χ0) is 23.4. The third kappa shape index (κ3) is 4.85. The number of aromatic nitrogens is 1. The molecule has 1 amide bonds. The monoisotopic (exact) mass is 445 g/mol. The van der Waals surface area contributed by atoms with Crippen LogP contribution >= 0.6 is 0 Å². The molecular formula is C26H27N3O4. The Bertz CT molecular complexity index is 1180. The lowest BCUT2D eigenvalue weighted by Crippen LogP contribution is -2.49. The first-order valence-corrected chi connectivity index (χ1v) is 11.2. The van der Waals surface area contributed by atoms with Gasteiger partial charge < -0.3 is 18.8 Å². The topological polar surface area (TPSA) is 84.0 Å². The molecule has 0 aliphatic carbocycles. The SMILES string of the molecule is CC1CCCC(C)N1C(=O)COc1ccc(C(=O)OCc2cn3ccccc3c2C#N)cc1. The Labute approximate surface area is 193 Å². The fourth-order valence-corrected chi connectivity index (χ4v) is 4.46. The molecule has 0 spiro atoms. The summed E-state index contributed by atoms with van der Waals surface area (Å²) in [6.07, 6.45) is 6.81. The van der Waals surface area contributed by atoms with Crippen molar-refractivity contribution in [2.45, 2.75) is 51.8 Å². The van der Waals surface area contributed by atoms with E-state index in [9.17, 15) is 14.9 Å². The van der Waals surface area contributed by atoms with E-state index >= 15 is 0 Å². The molecule has 33 heavy (non-hydrogen) atoms. The van der Waals surface area contributed by atoms with Gasteiger partial charge in [-0.2, -0.15) is 5.26 Å². The summed E-state index contributed by atoms with van der Waals surface area (Å²) in [6.45, 7) is 4.12. The number of carbonyl (C=O) groups is 2. The van der Waals surface area contributed by atoms with Crippen molar-refractivity contribution >= 4 is 17.4 Å². The number of fused-ring (bicyclic) bond motifs is 1. The number of carbonyl (C=O) groups excluding carboxylic acids is 2. The number of benzene rings is 1. The number of piperidine rings is 1. The Hall–Kier alpha value is -3.79. The van der Waals surface area contributed by atoms with Gasteiger partial charge in [-0.1, -0.05) is 6.07 Å². The molecule has 7 nitrogen and oxygen atoms in total. The van der Waals surface area contributed by atoms with E-state index in [1.165, 1.54) is 0 Å². The molecule has 1 aliphatic heterocycles. The number of ether oxygens (including phenoxy) is 2. The van der Waals surface area contributed by atoms with Crippen LogP contribution < -0.4 is 4.74 Å². The first-order chi connectivity index (χ1) is 16.0. The first-order valence-electron chi connectivity index (χ1n) is 11.2. The van der Waals surface area contributed by atoms with Crippen molar-refractivity contribution in [3.8, 4) is 11.8 Å². The summed E-state index contributed by atoms with van der Waals surface area (Å²) < 4.78 is 12.9. The van der Waals surface area contributed by atoms with Crippen LogP contribution in [0.4, 0.5) is 0 Å². The molecule has 0 bridgehead atoms. The zero-order valence-corrected chi connectivity index (χ0v) is 18.9. The molecule has 170 valence electrons. The molecule has 2 unspecified atom stereocenters. The number of esters is 1. The predicted molar refractivity (Wildman–Crippen MR) is 123 cm³/mol. The number of likely N-dealkylation sites (tertiary alicyclic amines) is 1. The predicted octanol–water partition coefficient (Wildman–Crippen LogP) is 4.34. The van der Waals surface area contributed by atoms with Gasteiger partial charge >= 0.3 is 5.97 Å². The zero-order valence-electron chi connectivity index (χ0n) is 18.9. The highest BCUT2D eigenvalue weighted by Gasteiger charge is 2.29. The second-order valence-electron chi connectivity index (χ2n) is 8.45. The van der Waals surface area contributed by atoms with Crippen molar-refractivity contribution in [3.05, 3.63) is 71.5 Å². The second kappa shape index (κ2) is 9.78. The van der Waals surface area contributed by atoms with Gasteiger partial charge in [0.15, 0.2) is 6.61 Å². The van der Waals surface area contributed by atoms with Crippen LogP contribution in [0.15, 0.2) is 54.9 Å². The number of rotatable bonds is 6. The molecule has 2 aromatic heterocycles. The van der Waals surface area contributed by atoms with Crippen LogP contribution in [0.2, 0.25) is 0 Å². The summed E-state index contributed by atoms with van der Waals surface area (Å²) in [5.74, 6) is 0.00171. The summed E-state index contributed by atoms with van der Waals surface area (Å²) in [4.78, 5) is 27.0. The Morgan fingerprint density at radius 3 is 2.52 bits per heavy atom. The van der Waals surface area contributed by atoms with Gasteiger partial charge in [0.2, 0.25) is 0 Å². The minimum absolute atomic E-state index is 0.00234. The van der Waals surface area contributed by atoms with E-state index in [0.29, 0.717) is 22.4 Å². The molecule has 0 radical (unpaired) electrons. The highest BCUT2D eigenvalue weighted by Crippen LogP contribution is 2.23. The van der Waals surface area contributed by atoms with Crippen LogP contribution in [-0.4, -0.2) is 39.9 Å². The molecule has 1 fully saturated rings. The minimum atomic E-state index is -0.493. The molecule has 3 heterocycles. The lowest BCUT2D eigenvalue weighted by Gasteiger charge is -2.38. The van der Waals surface area contributed by atoms with Crippen molar-refractivity contribution in [2.75, 3.05) is 6.61 Å². The molecule has 1 aromatic carbocycles. The number of hydrogen-bond donors (Lipinski definition) is 0. The number of hydrogen-bond acceptors (Lipinski definition) is 5. The van der Waals surface area contributed by atoms with Crippen molar-refractivity contribution in [3.63, 3.8) is 0 Å². The maximum absolute atomic E-state index is 12.6. The number of nitrogens with zero attached hydrogens (tertiary/aromatic N) is 3. The lowest BCUT2D eigenvalue weighted by molar-refractivity contribution is -0.139. The van der Waals surface area contributed by atoms with Crippen LogP contribution in [0.5, 0.6) is 5.75 Å². The third-order valence-electron chi connectivity index (χ3n) is 6.17. The van der Waals surface area contributed by atoms with Crippen molar-refractivity contribution in [2.24, 2.45) is 0 Å². The van der Waals surface area contributed by atoms with E-state index in [0.717, 1.165) is 24.8 Å². The van der Waals surface area contributed by atoms with Gasteiger partial charge in [-0.15, -0.1) is 0 Å². The molecule has 0 saturated carbocycles. The maximum atomic E-state index is 12.6. The van der Waals surface area contributed by atoms with E-state index in [-0.39, 0.29) is 31.2 Å². The van der Waals surface area contributed by atoms with E-state index in [4.69, 9.17) is 9.47 Å². The van der Waals surface area contributed by atoms with Gasteiger partial charge in [0, 0.05) is 30.0 Å². The van der Waals surface area contributed by atoms with Crippen molar-refractivity contribution in [1.29, 1.82) is 5.26 Å². The first kappa shape index (κ1) is 22.4. The molecule has 7 heteroatoms. The Balaban J connectivity index is 1.33. The quantitative estimate of drug-likeness (QED) is 0.527. The Kier molecular flexibility index (Phi) is 6.64.